The summed E-state index contributed by atoms with van der Waals surface area (Å²) < 4.78 is 33.4. The van der Waals surface area contributed by atoms with Gasteiger partial charge < -0.3 is 19.9 Å². The van der Waals surface area contributed by atoms with Gasteiger partial charge >= 0.3 is 6.03 Å². The van der Waals surface area contributed by atoms with Gasteiger partial charge in [-0.15, -0.1) is 0 Å². The van der Waals surface area contributed by atoms with Gasteiger partial charge in [-0.25, -0.2) is 13.6 Å². The molecule has 32 heavy (non-hydrogen) atoms. The molecule has 0 radical (unpaired) electrons. The normalized spacial score (nSPS) is 15.4. The molecule has 0 spiro atoms. The number of hydrogen-bond donors (Lipinski definition) is 1. The van der Waals surface area contributed by atoms with Crippen molar-refractivity contribution in [3.63, 3.8) is 0 Å². The number of carbonyl (C=O) groups excluding carboxylic acids is 1. The Bertz CT molecular complexity index is 904. The van der Waals surface area contributed by atoms with Gasteiger partial charge in [0.15, 0.2) is 0 Å². The smallest absolute Gasteiger partial charge is 0.318 e. The molecule has 0 atom stereocenters. The molecule has 1 aliphatic heterocycles. The van der Waals surface area contributed by atoms with E-state index in [1.165, 1.54) is 12.1 Å². The lowest BCUT2D eigenvalue weighted by molar-refractivity contribution is 0.126. The molecular formula is C25H33F2N3O2. The molecule has 1 N–H and O–H groups in total. The van der Waals surface area contributed by atoms with Crippen molar-refractivity contribution < 1.29 is 18.3 Å². The summed E-state index contributed by atoms with van der Waals surface area (Å²) in [6.07, 6.45) is 1.62. The van der Waals surface area contributed by atoms with Crippen LogP contribution < -0.4 is 10.1 Å². The van der Waals surface area contributed by atoms with Gasteiger partial charge in [-0.1, -0.05) is 18.2 Å². The van der Waals surface area contributed by atoms with Gasteiger partial charge in [-0.2, -0.15) is 0 Å². The summed E-state index contributed by atoms with van der Waals surface area (Å²) in [7, 11) is 2.05. The summed E-state index contributed by atoms with van der Waals surface area (Å²) in [6.45, 7) is 8.16. The van der Waals surface area contributed by atoms with Crippen LogP contribution in [0.1, 0.15) is 44.7 Å². The average Bonchev–Trinajstić information content (AvgIpc) is 2.72. The number of rotatable bonds is 6. The van der Waals surface area contributed by atoms with Crippen LogP contribution in [0, 0.1) is 11.6 Å². The lowest BCUT2D eigenvalue weighted by Crippen LogP contribution is -2.49. The molecule has 174 valence electrons. The summed E-state index contributed by atoms with van der Waals surface area (Å²) in [6, 6.07) is 10.8. The van der Waals surface area contributed by atoms with E-state index in [2.05, 4.69) is 10.2 Å². The molecule has 7 heteroatoms. The first-order valence-electron chi connectivity index (χ1n) is 11.1. The second kappa shape index (κ2) is 10.3. The SMILES string of the molecule is CN1CCC(N(Cc2ccc(F)cc2F)C(=O)NCc2ccc(OC(C)(C)C)cc2)CC1. The van der Waals surface area contributed by atoms with Crippen LogP contribution in [0.5, 0.6) is 5.75 Å². The zero-order chi connectivity index (χ0) is 23.3. The zero-order valence-corrected chi connectivity index (χ0v) is 19.3. The van der Waals surface area contributed by atoms with Gasteiger partial charge in [0.25, 0.3) is 0 Å². The van der Waals surface area contributed by atoms with Crippen molar-refractivity contribution in [2.75, 3.05) is 20.1 Å². The number of nitrogens with one attached hydrogen (secondary N) is 1. The highest BCUT2D eigenvalue weighted by atomic mass is 19.1. The molecule has 2 aromatic carbocycles. The highest BCUT2D eigenvalue weighted by Crippen LogP contribution is 2.21. The molecule has 5 nitrogen and oxygen atoms in total. The van der Waals surface area contributed by atoms with Crippen LogP contribution in [0.4, 0.5) is 13.6 Å². The van der Waals surface area contributed by atoms with Crippen molar-refractivity contribution >= 4 is 6.03 Å². The van der Waals surface area contributed by atoms with E-state index in [0.717, 1.165) is 43.3 Å². The van der Waals surface area contributed by atoms with Gasteiger partial charge in [0.05, 0.1) is 6.54 Å². The number of piperidine rings is 1. The highest BCUT2D eigenvalue weighted by molar-refractivity contribution is 5.74. The molecule has 1 aliphatic rings. The van der Waals surface area contributed by atoms with Gasteiger partial charge in [0.1, 0.15) is 23.0 Å². The molecule has 2 aromatic rings. The van der Waals surface area contributed by atoms with E-state index < -0.39 is 11.6 Å². The summed E-state index contributed by atoms with van der Waals surface area (Å²) >= 11 is 0. The largest absolute Gasteiger partial charge is 0.488 e. The molecule has 1 saturated heterocycles. The summed E-state index contributed by atoms with van der Waals surface area (Å²) in [4.78, 5) is 17.0. The van der Waals surface area contributed by atoms with Crippen LogP contribution in [0.15, 0.2) is 42.5 Å². The quantitative estimate of drug-likeness (QED) is 0.685. The summed E-state index contributed by atoms with van der Waals surface area (Å²) in [5.41, 5.74) is 0.972. The fraction of sp³-hybridized carbons (Fsp3) is 0.480. The van der Waals surface area contributed by atoms with E-state index in [-0.39, 0.29) is 24.2 Å². The Hall–Kier alpha value is -2.67. The predicted molar refractivity (Wildman–Crippen MR) is 121 cm³/mol. The fourth-order valence-corrected chi connectivity index (χ4v) is 3.81. The zero-order valence-electron chi connectivity index (χ0n) is 19.3. The number of nitrogens with zero attached hydrogens (tertiary/aromatic N) is 2. The van der Waals surface area contributed by atoms with E-state index in [1.54, 1.807) is 4.90 Å². The minimum atomic E-state index is -0.634. The first kappa shape index (κ1) is 24.0. The minimum Gasteiger partial charge on any atom is -0.488 e. The number of carbonyl (C=O) groups is 1. The Morgan fingerprint density at radius 1 is 1.12 bits per heavy atom. The predicted octanol–water partition coefficient (Wildman–Crippen LogP) is 4.95. The number of urea groups is 1. The van der Waals surface area contributed by atoms with E-state index in [0.29, 0.717) is 12.1 Å². The standard InChI is InChI=1S/C25H33F2N3O2/c1-25(2,3)32-22-9-5-18(6-10-22)16-28-24(31)30(21-11-13-29(4)14-12-21)17-19-7-8-20(26)15-23(19)27/h5-10,15,21H,11-14,16-17H2,1-4H3,(H,28,31). The summed E-state index contributed by atoms with van der Waals surface area (Å²) in [5, 5.41) is 2.96. The Kier molecular flexibility index (Phi) is 7.72. The van der Waals surface area contributed by atoms with Crippen LogP contribution in [0.3, 0.4) is 0 Å². The second-order valence-electron chi connectivity index (χ2n) is 9.42. The Labute approximate surface area is 189 Å². The fourth-order valence-electron chi connectivity index (χ4n) is 3.81. The average molecular weight is 446 g/mol. The monoisotopic (exact) mass is 445 g/mol. The van der Waals surface area contributed by atoms with Crippen molar-refractivity contribution in [3.05, 3.63) is 65.2 Å². The van der Waals surface area contributed by atoms with Crippen LogP contribution in [-0.4, -0.2) is 47.6 Å². The molecule has 0 unspecified atom stereocenters. The molecule has 1 fully saturated rings. The lowest BCUT2D eigenvalue weighted by atomic mass is 10.0. The molecule has 0 aromatic heterocycles. The number of halogens is 2. The highest BCUT2D eigenvalue weighted by Gasteiger charge is 2.28. The Morgan fingerprint density at radius 3 is 2.38 bits per heavy atom. The minimum absolute atomic E-state index is 0.00165. The third kappa shape index (κ3) is 6.92. The van der Waals surface area contributed by atoms with Crippen molar-refractivity contribution in [1.29, 1.82) is 0 Å². The van der Waals surface area contributed by atoms with Crippen molar-refractivity contribution in [3.8, 4) is 5.75 Å². The number of hydrogen-bond acceptors (Lipinski definition) is 3. The van der Waals surface area contributed by atoms with E-state index in [1.807, 2.05) is 52.1 Å². The topological polar surface area (TPSA) is 44.8 Å². The third-order valence-corrected chi connectivity index (χ3v) is 5.54. The van der Waals surface area contributed by atoms with Gasteiger partial charge in [0.2, 0.25) is 0 Å². The maximum Gasteiger partial charge on any atom is 0.318 e. The number of benzene rings is 2. The van der Waals surface area contributed by atoms with E-state index in [4.69, 9.17) is 4.74 Å². The molecule has 2 amide bonds. The van der Waals surface area contributed by atoms with E-state index in [9.17, 15) is 13.6 Å². The van der Waals surface area contributed by atoms with Crippen LogP contribution in [-0.2, 0) is 13.1 Å². The number of ether oxygens (including phenoxy) is 1. The van der Waals surface area contributed by atoms with E-state index >= 15 is 0 Å². The molecular weight excluding hydrogens is 412 g/mol. The molecule has 0 aliphatic carbocycles. The van der Waals surface area contributed by atoms with Crippen molar-refractivity contribution in [2.45, 2.75) is 58.3 Å². The van der Waals surface area contributed by atoms with Crippen LogP contribution in [0.2, 0.25) is 0 Å². The second-order valence-corrected chi connectivity index (χ2v) is 9.42. The number of amides is 2. The Morgan fingerprint density at radius 2 is 1.78 bits per heavy atom. The molecule has 0 saturated carbocycles. The van der Waals surface area contributed by atoms with Gasteiger partial charge in [0, 0.05) is 24.2 Å². The maximum atomic E-state index is 14.3. The first-order valence-corrected chi connectivity index (χ1v) is 11.1. The molecule has 1 heterocycles. The summed E-state index contributed by atoms with van der Waals surface area (Å²) in [5.74, 6) is -0.488. The third-order valence-electron chi connectivity index (χ3n) is 5.54. The maximum absolute atomic E-state index is 14.3. The van der Waals surface area contributed by atoms with Crippen LogP contribution in [0.25, 0.3) is 0 Å². The van der Waals surface area contributed by atoms with Crippen molar-refractivity contribution in [2.24, 2.45) is 0 Å². The molecule has 3 rings (SSSR count). The number of likely N-dealkylation sites (tertiary alicyclic amines) is 1. The van der Waals surface area contributed by atoms with Gasteiger partial charge in [-0.05, 0) is 77.5 Å². The lowest BCUT2D eigenvalue weighted by Gasteiger charge is -2.37. The molecule has 0 bridgehead atoms. The first-order chi connectivity index (χ1) is 15.1. The van der Waals surface area contributed by atoms with Crippen LogP contribution >= 0.6 is 0 Å². The van der Waals surface area contributed by atoms with Crippen molar-refractivity contribution in [1.82, 2.24) is 15.1 Å². The Balaban J connectivity index is 1.67. The van der Waals surface area contributed by atoms with Gasteiger partial charge in [-0.3, -0.25) is 0 Å².